The quantitative estimate of drug-likeness (QED) is 0.812. The lowest BCUT2D eigenvalue weighted by Crippen LogP contribution is -2.08. The summed E-state index contributed by atoms with van der Waals surface area (Å²) in [5.74, 6) is -2.42. The maximum absolute atomic E-state index is 14.0. The topological polar surface area (TPSA) is 20.2 Å². The predicted octanol–water partition coefficient (Wildman–Crippen LogP) is 4.46. The Bertz CT molecular complexity index is 647. The Morgan fingerprint density at radius 3 is 2.20 bits per heavy atom. The number of halogens is 4. The lowest BCUT2D eigenvalue weighted by molar-refractivity contribution is 0.208. The lowest BCUT2D eigenvalue weighted by Gasteiger charge is -2.17. The van der Waals surface area contributed by atoms with E-state index < -0.39 is 23.6 Å². The van der Waals surface area contributed by atoms with Crippen molar-refractivity contribution >= 4 is 11.6 Å². The summed E-state index contributed by atoms with van der Waals surface area (Å²) in [7, 11) is 0. The predicted molar refractivity (Wildman–Crippen MR) is 71.3 cm³/mol. The molecule has 0 radical (unpaired) electrons. The minimum atomic E-state index is -1.60. The van der Waals surface area contributed by atoms with Crippen LogP contribution in [0.25, 0.3) is 0 Å². The highest BCUT2D eigenvalue weighted by Gasteiger charge is 2.22. The van der Waals surface area contributed by atoms with E-state index in [4.69, 9.17) is 11.6 Å². The molecule has 5 heteroatoms. The van der Waals surface area contributed by atoms with Gasteiger partial charge in [0.1, 0.15) is 23.6 Å². The van der Waals surface area contributed by atoms with E-state index in [2.05, 4.69) is 0 Å². The fourth-order valence-electron chi connectivity index (χ4n) is 2.18. The first kappa shape index (κ1) is 14.9. The summed E-state index contributed by atoms with van der Waals surface area (Å²) in [6.07, 6.45) is -1.60. The minimum Gasteiger partial charge on any atom is -0.383 e. The molecule has 2 aromatic rings. The first-order valence-electron chi connectivity index (χ1n) is 5.90. The molecule has 106 valence electrons. The molecule has 2 rings (SSSR count). The summed E-state index contributed by atoms with van der Waals surface area (Å²) < 4.78 is 41.1. The molecule has 1 N–H and O–H groups in total. The molecular formula is C15H12ClF3O. The minimum absolute atomic E-state index is 0.0729. The Morgan fingerprint density at radius 1 is 0.950 bits per heavy atom. The summed E-state index contributed by atoms with van der Waals surface area (Å²) in [5, 5.41) is 9.76. The molecule has 1 nitrogen and oxygen atoms in total. The average Bonchev–Trinajstić information content (AvgIpc) is 2.32. The Balaban J connectivity index is 2.57. The van der Waals surface area contributed by atoms with Crippen molar-refractivity contribution in [1.29, 1.82) is 0 Å². The van der Waals surface area contributed by atoms with Gasteiger partial charge >= 0.3 is 0 Å². The average molecular weight is 301 g/mol. The third-order valence-corrected chi connectivity index (χ3v) is 3.38. The van der Waals surface area contributed by atoms with Crippen LogP contribution < -0.4 is 0 Å². The van der Waals surface area contributed by atoms with Gasteiger partial charge in [-0.15, -0.1) is 0 Å². The van der Waals surface area contributed by atoms with Crippen molar-refractivity contribution in [3.05, 3.63) is 69.0 Å². The zero-order valence-electron chi connectivity index (χ0n) is 10.8. The molecule has 0 fully saturated rings. The normalized spacial score (nSPS) is 12.6. The summed E-state index contributed by atoms with van der Waals surface area (Å²) in [5.41, 5.74) is 0.720. The lowest BCUT2D eigenvalue weighted by atomic mass is 9.95. The van der Waals surface area contributed by atoms with E-state index in [0.717, 1.165) is 12.1 Å². The van der Waals surface area contributed by atoms with Crippen LogP contribution >= 0.6 is 11.6 Å². The van der Waals surface area contributed by atoms with Gasteiger partial charge in [-0.25, -0.2) is 13.2 Å². The smallest absolute Gasteiger partial charge is 0.142 e. The molecule has 0 aliphatic carbocycles. The van der Waals surface area contributed by atoms with Gasteiger partial charge in [-0.05, 0) is 43.2 Å². The fourth-order valence-corrected chi connectivity index (χ4v) is 2.33. The molecule has 0 spiro atoms. The van der Waals surface area contributed by atoms with Crippen LogP contribution in [0.4, 0.5) is 13.2 Å². The second-order valence-electron chi connectivity index (χ2n) is 4.67. The summed E-state index contributed by atoms with van der Waals surface area (Å²) in [6.45, 7) is 3.30. The maximum atomic E-state index is 14.0. The van der Waals surface area contributed by atoms with E-state index in [9.17, 15) is 18.3 Å². The molecule has 0 aliphatic rings. The number of rotatable bonds is 2. The highest BCUT2D eigenvalue weighted by Crippen LogP contribution is 2.31. The van der Waals surface area contributed by atoms with Gasteiger partial charge in [0, 0.05) is 11.1 Å². The van der Waals surface area contributed by atoms with Crippen molar-refractivity contribution in [2.24, 2.45) is 0 Å². The van der Waals surface area contributed by atoms with Gasteiger partial charge in [-0.1, -0.05) is 17.7 Å². The molecule has 0 saturated carbocycles. The van der Waals surface area contributed by atoms with Crippen molar-refractivity contribution in [2.45, 2.75) is 20.0 Å². The van der Waals surface area contributed by atoms with E-state index in [1.54, 1.807) is 19.9 Å². The first-order chi connectivity index (χ1) is 9.31. The van der Waals surface area contributed by atoms with Crippen LogP contribution in [0.2, 0.25) is 5.02 Å². The fraction of sp³-hybridized carbons (Fsp3) is 0.200. The SMILES string of the molecule is Cc1cc(C)c(C(O)c2cc(F)c(Cl)cc2F)c(F)c1. The molecule has 1 unspecified atom stereocenters. The van der Waals surface area contributed by atoms with Crippen molar-refractivity contribution in [2.75, 3.05) is 0 Å². The van der Waals surface area contributed by atoms with Crippen molar-refractivity contribution < 1.29 is 18.3 Å². The third kappa shape index (κ3) is 2.67. The van der Waals surface area contributed by atoms with Gasteiger partial charge < -0.3 is 5.11 Å². The van der Waals surface area contributed by atoms with E-state index in [-0.39, 0.29) is 16.1 Å². The molecule has 1 atom stereocenters. The van der Waals surface area contributed by atoms with Gasteiger partial charge in [0.2, 0.25) is 0 Å². The number of aliphatic hydroxyl groups is 1. The highest BCUT2D eigenvalue weighted by molar-refractivity contribution is 6.30. The Morgan fingerprint density at radius 2 is 1.60 bits per heavy atom. The van der Waals surface area contributed by atoms with E-state index >= 15 is 0 Å². The van der Waals surface area contributed by atoms with Crippen LogP contribution in [0.5, 0.6) is 0 Å². The molecule has 20 heavy (non-hydrogen) atoms. The van der Waals surface area contributed by atoms with Crippen molar-refractivity contribution in [3.63, 3.8) is 0 Å². The van der Waals surface area contributed by atoms with E-state index in [1.165, 1.54) is 6.07 Å². The number of hydrogen-bond donors (Lipinski definition) is 1. The Kier molecular flexibility index (Phi) is 4.06. The number of aryl methyl sites for hydroxylation is 2. The monoisotopic (exact) mass is 300 g/mol. The number of hydrogen-bond acceptors (Lipinski definition) is 1. The van der Waals surface area contributed by atoms with E-state index in [1.807, 2.05) is 0 Å². The highest BCUT2D eigenvalue weighted by atomic mass is 35.5. The number of benzene rings is 2. The van der Waals surface area contributed by atoms with Crippen molar-refractivity contribution in [1.82, 2.24) is 0 Å². The zero-order valence-corrected chi connectivity index (χ0v) is 11.6. The van der Waals surface area contributed by atoms with Gasteiger partial charge in [0.15, 0.2) is 0 Å². The van der Waals surface area contributed by atoms with Crippen LogP contribution in [0, 0.1) is 31.3 Å². The van der Waals surface area contributed by atoms with Gasteiger partial charge in [0.05, 0.1) is 5.02 Å². The summed E-state index contributed by atoms with van der Waals surface area (Å²) >= 11 is 5.45. The van der Waals surface area contributed by atoms with Crippen LogP contribution in [-0.4, -0.2) is 5.11 Å². The van der Waals surface area contributed by atoms with Crippen LogP contribution in [0.3, 0.4) is 0 Å². The molecule has 2 aromatic carbocycles. The van der Waals surface area contributed by atoms with Gasteiger partial charge in [-0.3, -0.25) is 0 Å². The maximum Gasteiger partial charge on any atom is 0.142 e. The molecule has 0 heterocycles. The molecule has 0 amide bonds. The molecule has 0 aromatic heterocycles. The molecule has 0 bridgehead atoms. The van der Waals surface area contributed by atoms with E-state index in [0.29, 0.717) is 11.1 Å². The summed E-state index contributed by atoms with van der Waals surface area (Å²) in [4.78, 5) is 0. The molecule has 0 saturated heterocycles. The molecular weight excluding hydrogens is 289 g/mol. The first-order valence-corrected chi connectivity index (χ1v) is 6.28. The van der Waals surface area contributed by atoms with Crippen LogP contribution in [-0.2, 0) is 0 Å². The largest absolute Gasteiger partial charge is 0.383 e. The second kappa shape index (κ2) is 5.46. The Labute approximate surface area is 119 Å². The Hall–Kier alpha value is -1.52. The van der Waals surface area contributed by atoms with Crippen molar-refractivity contribution in [3.8, 4) is 0 Å². The summed E-state index contributed by atoms with van der Waals surface area (Å²) in [6, 6.07) is 4.43. The van der Waals surface area contributed by atoms with Gasteiger partial charge in [-0.2, -0.15) is 0 Å². The zero-order chi connectivity index (χ0) is 15.0. The van der Waals surface area contributed by atoms with Crippen LogP contribution in [0.1, 0.15) is 28.4 Å². The third-order valence-electron chi connectivity index (χ3n) is 3.09. The second-order valence-corrected chi connectivity index (χ2v) is 5.07. The van der Waals surface area contributed by atoms with Gasteiger partial charge in [0.25, 0.3) is 0 Å². The van der Waals surface area contributed by atoms with Crippen LogP contribution in [0.15, 0.2) is 24.3 Å². The number of aliphatic hydroxyl groups excluding tert-OH is 1. The molecule has 0 aliphatic heterocycles. The standard InChI is InChI=1S/C15H12ClF3O/c1-7-3-8(2)14(13(19)4-7)15(20)9-5-12(18)10(16)6-11(9)17/h3-6,15,20H,1-2H3.